The molecule has 0 spiro atoms. The number of carbonyl (C=O) groups is 1. The van der Waals surface area contributed by atoms with Crippen molar-refractivity contribution in [3.8, 4) is 0 Å². The van der Waals surface area contributed by atoms with Crippen molar-refractivity contribution in [3.63, 3.8) is 0 Å². The molecule has 1 saturated heterocycles. The molecule has 2 rings (SSSR count). The monoisotopic (exact) mass is 247 g/mol. The van der Waals surface area contributed by atoms with Crippen molar-refractivity contribution >= 4 is 5.78 Å². The standard InChI is InChI=1S/C15H21NO2/c1-11-3-4-13(9-12(11)2)15(18)10-16-7-5-14(17)6-8-16/h3-4,9,14,17H,5-8,10H2,1-2H3. The summed E-state index contributed by atoms with van der Waals surface area (Å²) in [5.41, 5.74) is 3.17. The first kappa shape index (κ1) is 13.2. The van der Waals surface area contributed by atoms with Crippen molar-refractivity contribution in [2.45, 2.75) is 32.8 Å². The minimum Gasteiger partial charge on any atom is -0.393 e. The van der Waals surface area contributed by atoms with E-state index in [0.717, 1.165) is 37.1 Å². The van der Waals surface area contributed by atoms with Crippen molar-refractivity contribution in [1.29, 1.82) is 0 Å². The van der Waals surface area contributed by atoms with Crippen LogP contribution in [0.25, 0.3) is 0 Å². The summed E-state index contributed by atoms with van der Waals surface area (Å²) in [7, 11) is 0. The predicted octanol–water partition coefficient (Wildman–Crippen LogP) is 1.94. The van der Waals surface area contributed by atoms with Crippen LogP contribution in [0.3, 0.4) is 0 Å². The lowest BCUT2D eigenvalue weighted by molar-refractivity contribution is 0.0711. The molecule has 3 heteroatoms. The van der Waals surface area contributed by atoms with E-state index < -0.39 is 0 Å². The van der Waals surface area contributed by atoms with E-state index in [9.17, 15) is 9.90 Å². The van der Waals surface area contributed by atoms with E-state index in [1.807, 2.05) is 25.1 Å². The summed E-state index contributed by atoms with van der Waals surface area (Å²) in [4.78, 5) is 14.3. The zero-order valence-electron chi connectivity index (χ0n) is 11.1. The van der Waals surface area contributed by atoms with Crippen LogP contribution in [0.15, 0.2) is 18.2 Å². The number of benzene rings is 1. The molecule has 1 N–H and O–H groups in total. The molecule has 1 heterocycles. The number of rotatable bonds is 3. The quantitative estimate of drug-likeness (QED) is 0.830. The summed E-state index contributed by atoms with van der Waals surface area (Å²) in [6.45, 7) is 6.18. The SMILES string of the molecule is Cc1ccc(C(=O)CN2CCC(O)CC2)cc1C. The third kappa shape index (κ3) is 3.18. The highest BCUT2D eigenvalue weighted by Crippen LogP contribution is 2.13. The van der Waals surface area contributed by atoms with Crippen LogP contribution in [0, 0.1) is 13.8 Å². The van der Waals surface area contributed by atoms with Gasteiger partial charge in [0.25, 0.3) is 0 Å². The van der Waals surface area contributed by atoms with Gasteiger partial charge in [-0.2, -0.15) is 0 Å². The Morgan fingerprint density at radius 2 is 1.94 bits per heavy atom. The van der Waals surface area contributed by atoms with Crippen LogP contribution >= 0.6 is 0 Å². The minimum absolute atomic E-state index is 0.175. The van der Waals surface area contributed by atoms with Crippen LogP contribution in [-0.2, 0) is 0 Å². The Labute approximate surface area is 108 Å². The highest BCUT2D eigenvalue weighted by atomic mass is 16.3. The molecule has 3 nitrogen and oxygen atoms in total. The number of carbonyl (C=O) groups excluding carboxylic acids is 1. The maximum atomic E-state index is 12.2. The molecule has 0 atom stereocenters. The van der Waals surface area contributed by atoms with Gasteiger partial charge in [-0.3, -0.25) is 9.69 Å². The van der Waals surface area contributed by atoms with E-state index in [1.54, 1.807) is 0 Å². The van der Waals surface area contributed by atoms with Gasteiger partial charge >= 0.3 is 0 Å². The molecule has 1 fully saturated rings. The lowest BCUT2D eigenvalue weighted by Gasteiger charge is -2.28. The van der Waals surface area contributed by atoms with Gasteiger partial charge in [0.1, 0.15) is 0 Å². The molecule has 0 amide bonds. The average molecular weight is 247 g/mol. The lowest BCUT2D eigenvalue weighted by Crippen LogP contribution is -2.39. The Morgan fingerprint density at radius 1 is 1.28 bits per heavy atom. The van der Waals surface area contributed by atoms with Crippen LogP contribution in [0.5, 0.6) is 0 Å². The number of ketones is 1. The van der Waals surface area contributed by atoms with Gasteiger partial charge in [-0.1, -0.05) is 12.1 Å². The van der Waals surface area contributed by atoms with Gasteiger partial charge in [-0.15, -0.1) is 0 Å². The van der Waals surface area contributed by atoms with Crippen molar-refractivity contribution in [2.75, 3.05) is 19.6 Å². The average Bonchev–Trinajstić information content (AvgIpc) is 2.35. The number of aliphatic hydroxyl groups excluding tert-OH is 1. The number of Topliss-reactive ketones (excluding diaryl/α,β-unsaturated/α-hetero) is 1. The van der Waals surface area contributed by atoms with Gasteiger partial charge in [0, 0.05) is 18.7 Å². The topological polar surface area (TPSA) is 40.5 Å². The van der Waals surface area contributed by atoms with Crippen LogP contribution in [0.4, 0.5) is 0 Å². The predicted molar refractivity (Wildman–Crippen MR) is 71.9 cm³/mol. The molecule has 0 aromatic heterocycles. The molecular formula is C15H21NO2. The molecule has 0 radical (unpaired) electrons. The Kier molecular flexibility index (Phi) is 4.15. The molecule has 98 valence electrons. The van der Waals surface area contributed by atoms with Crippen molar-refractivity contribution < 1.29 is 9.90 Å². The Bertz CT molecular complexity index is 434. The fourth-order valence-electron chi connectivity index (χ4n) is 2.29. The zero-order chi connectivity index (χ0) is 13.1. The van der Waals surface area contributed by atoms with Gasteiger partial charge in [0.05, 0.1) is 12.6 Å². The Morgan fingerprint density at radius 3 is 2.56 bits per heavy atom. The van der Waals surface area contributed by atoms with E-state index >= 15 is 0 Å². The number of hydrogen-bond acceptors (Lipinski definition) is 3. The molecule has 0 bridgehead atoms. The second-order valence-electron chi connectivity index (χ2n) is 5.23. The second-order valence-corrected chi connectivity index (χ2v) is 5.23. The lowest BCUT2D eigenvalue weighted by atomic mass is 10.0. The van der Waals surface area contributed by atoms with Crippen molar-refractivity contribution in [3.05, 3.63) is 34.9 Å². The molecule has 1 aliphatic rings. The van der Waals surface area contributed by atoms with Crippen molar-refractivity contribution in [1.82, 2.24) is 4.90 Å². The van der Waals surface area contributed by atoms with Crippen LogP contribution < -0.4 is 0 Å². The van der Waals surface area contributed by atoms with Gasteiger partial charge in [-0.05, 0) is 43.9 Å². The fourth-order valence-corrected chi connectivity index (χ4v) is 2.29. The normalized spacial score (nSPS) is 17.9. The van der Waals surface area contributed by atoms with E-state index in [4.69, 9.17) is 0 Å². The summed E-state index contributed by atoms with van der Waals surface area (Å²) in [5, 5.41) is 9.43. The summed E-state index contributed by atoms with van der Waals surface area (Å²) >= 11 is 0. The molecule has 1 aromatic carbocycles. The smallest absolute Gasteiger partial charge is 0.176 e. The Hall–Kier alpha value is -1.19. The van der Waals surface area contributed by atoms with E-state index in [2.05, 4.69) is 11.8 Å². The minimum atomic E-state index is -0.182. The summed E-state index contributed by atoms with van der Waals surface area (Å²) in [6, 6.07) is 5.88. The first-order valence-corrected chi connectivity index (χ1v) is 6.57. The molecule has 0 unspecified atom stereocenters. The van der Waals surface area contributed by atoms with Crippen LogP contribution in [0.1, 0.15) is 34.3 Å². The first-order chi connectivity index (χ1) is 8.56. The highest BCUT2D eigenvalue weighted by Gasteiger charge is 2.19. The molecular weight excluding hydrogens is 226 g/mol. The number of hydrogen-bond donors (Lipinski definition) is 1. The molecule has 1 aliphatic heterocycles. The van der Waals surface area contributed by atoms with Gasteiger partial charge in [-0.25, -0.2) is 0 Å². The third-order valence-corrected chi connectivity index (χ3v) is 3.75. The fraction of sp³-hybridized carbons (Fsp3) is 0.533. The van der Waals surface area contributed by atoms with Gasteiger partial charge in [0.2, 0.25) is 0 Å². The maximum absolute atomic E-state index is 12.2. The Balaban J connectivity index is 1.97. The highest BCUT2D eigenvalue weighted by molar-refractivity contribution is 5.97. The maximum Gasteiger partial charge on any atom is 0.176 e. The summed E-state index contributed by atoms with van der Waals surface area (Å²) in [6.07, 6.45) is 1.37. The zero-order valence-corrected chi connectivity index (χ0v) is 11.1. The number of likely N-dealkylation sites (tertiary alicyclic amines) is 1. The molecule has 18 heavy (non-hydrogen) atoms. The van der Waals surface area contributed by atoms with Crippen molar-refractivity contribution in [2.24, 2.45) is 0 Å². The third-order valence-electron chi connectivity index (χ3n) is 3.75. The number of aryl methyl sites for hydroxylation is 2. The van der Waals surface area contributed by atoms with Gasteiger partial charge < -0.3 is 5.11 Å². The first-order valence-electron chi connectivity index (χ1n) is 6.57. The van der Waals surface area contributed by atoms with Gasteiger partial charge in [0.15, 0.2) is 5.78 Å². The number of piperidine rings is 1. The largest absolute Gasteiger partial charge is 0.393 e. The van der Waals surface area contributed by atoms with E-state index in [0.29, 0.717) is 6.54 Å². The second kappa shape index (κ2) is 5.63. The van der Waals surface area contributed by atoms with E-state index in [-0.39, 0.29) is 11.9 Å². The van der Waals surface area contributed by atoms with Crippen LogP contribution in [-0.4, -0.2) is 41.5 Å². The number of aliphatic hydroxyl groups is 1. The molecule has 0 saturated carbocycles. The molecule has 1 aromatic rings. The van der Waals surface area contributed by atoms with E-state index in [1.165, 1.54) is 5.56 Å². The molecule has 0 aliphatic carbocycles. The summed E-state index contributed by atoms with van der Waals surface area (Å²) in [5.74, 6) is 0.175. The van der Waals surface area contributed by atoms with Crippen LogP contribution in [0.2, 0.25) is 0 Å². The number of nitrogens with zero attached hydrogens (tertiary/aromatic N) is 1. The summed E-state index contributed by atoms with van der Waals surface area (Å²) < 4.78 is 0.